The molecule has 403 valence electrons. The van der Waals surface area contributed by atoms with Gasteiger partial charge in [-0.1, -0.05) is 43.8 Å². The minimum atomic E-state index is -1.08. The van der Waals surface area contributed by atoms with Gasteiger partial charge in [-0.3, -0.25) is 9.69 Å². The third-order valence-corrected chi connectivity index (χ3v) is 11.7. The van der Waals surface area contributed by atoms with Crippen LogP contribution < -0.4 is 58.9 Å². The average Bonchev–Trinajstić information content (AvgIpc) is 4.09. The Kier molecular flexibility index (Phi) is 28.5. The molecule has 0 amide bonds. The van der Waals surface area contributed by atoms with Gasteiger partial charge in [-0.25, -0.2) is 29.3 Å². The Labute approximate surface area is 480 Å². The van der Waals surface area contributed by atoms with E-state index in [1.54, 1.807) is 38.5 Å². The number of carbonyl (C=O) groups is 4. The number of aldehydes is 1. The standard InChI is InChI=1S/C26H27N3O2.C14H12O3.C12H15N3.C4H6O4.C2H4O2.CH4.B.Na/c1-30-21-10-12-23(13-11-21)31-22-8-6-19(7-9-22)18-29-16-14-20(15-17-29)26-27-24-4-2-3-5-25(24)28-26;1-16-12-6-8-14(9-7-12)17-13-4-2-11(10-15)3-5-13;1-2-4-11-10(3-1)14-12(15-11)9-5-7-13-8-6-9;1-3(5)7-8-4(2)6;1-2(3)4;;;/h2-13,20H,14-18H2,1H3,(H,27,28);2-10H,1H3;1-4,9,13H,5-8H2,(H,14,15);1-2H3;1H3,(H,3,4);1H4;;/q;;;;;;;+1/p-1. The molecule has 78 heavy (non-hydrogen) atoms. The third-order valence-electron chi connectivity index (χ3n) is 11.7. The zero-order chi connectivity index (χ0) is 53.4. The van der Waals surface area contributed by atoms with Gasteiger partial charge in [0.1, 0.15) is 52.4 Å². The van der Waals surface area contributed by atoms with E-state index in [0.717, 1.165) is 135 Å². The quantitative estimate of drug-likeness (QED) is 0.0509. The Morgan fingerprint density at radius 1 is 0.577 bits per heavy atom. The molecule has 2 aliphatic heterocycles. The molecule has 0 saturated carbocycles. The van der Waals surface area contributed by atoms with Crippen LogP contribution in [0, 0.1) is 0 Å². The maximum atomic E-state index is 10.5. The fraction of sp³-hybridized carbons (Fsp3) is 0.288. The van der Waals surface area contributed by atoms with Gasteiger partial charge in [0.15, 0.2) is 0 Å². The summed E-state index contributed by atoms with van der Waals surface area (Å²) in [5.74, 6) is 5.76. The summed E-state index contributed by atoms with van der Waals surface area (Å²) in [6.07, 6.45) is 5.47. The molecule has 10 rings (SSSR count). The van der Waals surface area contributed by atoms with E-state index in [4.69, 9.17) is 33.8 Å². The SMILES string of the molecule is C.CC(=O)OOC(C)=O.CC(=O)[O-].COc1ccc(Oc2ccc(C=O)cc2)cc1.COc1ccc(Oc2ccc(CN3CCC(c4nc5ccccc5[nH]4)CC3)cc2)cc1.[B].[Na+].c1ccc2[nH]c(C3CCNCC3)nc2c1. The number of nitrogens with one attached hydrogen (secondary N) is 3. The van der Waals surface area contributed by atoms with Crippen LogP contribution in [-0.2, 0) is 30.7 Å². The second kappa shape index (κ2) is 34.3. The van der Waals surface area contributed by atoms with Crippen LogP contribution >= 0.6 is 0 Å². The van der Waals surface area contributed by atoms with E-state index in [1.807, 2.05) is 78.9 Å². The number of carbonyl (C=O) groups excluding carboxylic acids is 4. The fourth-order valence-corrected chi connectivity index (χ4v) is 8.00. The number of ether oxygens (including phenoxy) is 4. The zero-order valence-electron chi connectivity index (χ0n) is 44.4. The van der Waals surface area contributed by atoms with Gasteiger partial charge < -0.3 is 44.1 Å². The summed E-state index contributed by atoms with van der Waals surface area (Å²) in [4.78, 5) is 65.6. The first-order chi connectivity index (χ1) is 36.4. The number of aromatic amines is 2. The number of benzene rings is 6. The molecule has 3 N–H and O–H groups in total. The molecule has 2 aromatic heterocycles. The van der Waals surface area contributed by atoms with Gasteiger partial charge in [0.25, 0.3) is 0 Å². The molecule has 19 heteroatoms. The number of nitrogens with zero attached hydrogens (tertiary/aromatic N) is 3. The van der Waals surface area contributed by atoms with Crippen molar-refractivity contribution in [2.75, 3.05) is 40.4 Å². The zero-order valence-corrected chi connectivity index (χ0v) is 46.4. The number of H-pyrrole nitrogens is 2. The first kappa shape index (κ1) is 64.8. The Balaban J connectivity index is 0.000000290. The number of carboxylic acids is 1. The summed E-state index contributed by atoms with van der Waals surface area (Å²) in [6, 6.07) is 46.8. The van der Waals surface area contributed by atoms with E-state index < -0.39 is 17.9 Å². The predicted octanol–water partition coefficient (Wildman–Crippen LogP) is 7.12. The minimum absolute atomic E-state index is 0. The van der Waals surface area contributed by atoms with Gasteiger partial charge in [0.2, 0.25) is 0 Å². The molecule has 2 fully saturated rings. The van der Waals surface area contributed by atoms with Crippen molar-refractivity contribution in [1.82, 2.24) is 30.2 Å². The number of hydrogen-bond donors (Lipinski definition) is 3. The van der Waals surface area contributed by atoms with Crippen molar-refractivity contribution in [3.63, 3.8) is 0 Å². The Morgan fingerprint density at radius 3 is 1.31 bits per heavy atom. The number of piperidine rings is 2. The molecule has 0 unspecified atom stereocenters. The summed E-state index contributed by atoms with van der Waals surface area (Å²) in [6.45, 7) is 8.63. The van der Waals surface area contributed by atoms with Crippen LogP contribution in [0.1, 0.15) is 93.3 Å². The molecule has 0 aliphatic carbocycles. The van der Waals surface area contributed by atoms with Crippen LogP contribution in [0.4, 0.5) is 0 Å². The van der Waals surface area contributed by atoms with Crippen molar-refractivity contribution in [3.8, 4) is 34.5 Å². The first-order valence-corrected chi connectivity index (χ1v) is 24.5. The Morgan fingerprint density at radius 2 is 0.936 bits per heavy atom. The molecule has 0 atom stereocenters. The second-order valence-corrected chi connectivity index (χ2v) is 17.4. The average molecular weight is 1070 g/mol. The maximum Gasteiger partial charge on any atom is 1.00 e. The monoisotopic (exact) mass is 1070 g/mol. The second-order valence-electron chi connectivity index (χ2n) is 17.4. The largest absolute Gasteiger partial charge is 1.00 e. The molecular formula is C59H67BN6NaO11. The van der Waals surface area contributed by atoms with Gasteiger partial charge in [-0.15, -0.1) is 0 Å². The summed E-state index contributed by atoms with van der Waals surface area (Å²) >= 11 is 0. The van der Waals surface area contributed by atoms with E-state index >= 15 is 0 Å². The van der Waals surface area contributed by atoms with Gasteiger partial charge in [0.05, 0.1) is 36.3 Å². The molecular weight excluding hydrogens is 1000 g/mol. The van der Waals surface area contributed by atoms with Crippen molar-refractivity contribution in [3.05, 3.63) is 168 Å². The van der Waals surface area contributed by atoms with Crippen LogP contribution in [-0.4, -0.2) is 97.8 Å². The van der Waals surface area contributed by atoms with Crippen molar-refractivity contribution in [2.24, 2.45) is 0 Å². The maximum absolute atomic E-state index is 10.5. The van der Waals surface area contributed by atoms with Crippen LogP contribution in [0.3, 0.4) is 0 Å². The van der Waals surface area contributed by atoms with Crippen LogP contribution in [0.15, 0.2) is 146 Å². The summed E-state index contributed by atoms with van der Waals surface area (Å²) in [5.41, 5.74) is 6.39. The molecule has 2 aliphatic rings. The third kappa shape index (κ3) is 21.9. The van der Waals surface area contributed by atoms with Crippen LogP contribution in [0.2, 0.25) is 0 Å². The van der Waals surface area contributed by atoms with E-state index in [1.165, 1.54) is 18.4 Å². The number of aliphatic carboxylic acids is 1. The first-order valence-electron chi connectivity index (χ1n) is 24.5. The molecule has 3 radical (unpaired) electrons. The molecule has 17 nitrogen and oxygen atoms in total. The predicted molar refractivity (Wildman–Crippen MR) is 295 cm³/mol. The van der Waals surface area contributed by atoms with Crippen molar-refractivity contribution < 1.29 is 82.6 Å². The number of para-hydroxylation sites is 4. The molecule has 0 spiro atoms. The number of aromatic nitrogens is 4. The van der Waals surface area contributed by atoms with E-state index in [0.29, 0.717) is 23.1 Å². The van der Waals surface area contributed by atoms with Gasteiger partial charge in [0, 0.05) is 52.2 Å². The topological polar surface area (TPSA) is 219 Å². The molecule has 2 saturated heterocycles. The summed E-state index contributed by atoms with van der Waals surface area (Å²) in [7, 11) is 3.28. The van der Waals surface area contributed by atoms with Gasteiger partial charge in [-0.05, 0) is 174 Å². The van der Waals surface area contributed by atoms with Crippen LogP contribution in [0.5, 0.6) is 34.5 Å². The molecule has 4 heterocycles. The van der Waals surface area contributed by atoms with Crippen LogP contribution in [0.25, 0.3) is 22.1 Å². The van der Waals surface area contributed by atoms with E-state index in [9.17, 15) is 14.4 Å². The smallest absolute Gasteiger partial charge is 0.550 e. The van der Waals surface area contributed by atoms with E-state index in [2.05, 4.69) is 77.4 Å². The van der Waals surface area contributed by atoms with Crippen molar-refractivity contribution in [1.29, 1.82) is 0 Å². The number of carboxylic acid groups (broad SMARTS) is 1. The number of likely N-dealkylation sites (tertiary alicyclic amines) is 1. The number of hydrogen-bond acceptors (Lipinski definition) is 15. The van der Waals surface area contributed by atoms with Gasteiger partial charge >= 0.3 is 41.5 Å². The molecule has 6 aromatic carbocycles. The minimum Gasteiger partial charge on any atom is -0.550 e. The summed E-state index contributed by atoms with van der Waals surface area (Å²) < 4.78 is 21.8. The van der Waals surface area contributed by atoms with Crippen molar-refractivity contribution in [2.45, 2.75) is 72.3 Å². The number of fused-ring (bicyclic) bond motifs is 2. The molecule has 0 bridgehead atoms. The summed E-state index contributed by atoms with van der Waals surface area (Å²) in [5, 5.41) is 12.3. The normalized spacial score (nSPS) is 12.8. The number of methoxy groups -OCH3 is 2. The Hall–Kier alpha value is -7.48. The van der Waals surface area contributed by atoms with Gasteiger partial charge in [-0.2, -0.15) is 0 Å². The van der Waals surface area contributed by atoms with E-state index in [-0.39, 0.29) is 45.4 Å². The van der Waals surface area contributed by atoms with Crippen molar-refractivity contribution >= 4 is 54.7 Å². The molecule has 8 aromatic rings. The Bertz CT molecular complexity index is 2930. The number of rotatable bonds is 11. The number of imidazole rings is 2. The fourth-order valence-electron chi connectivity index (χ4n) is 8.00.